The maximum Gasteiger partial charge on any atom is 0.337 e. The van der Waals surface area contributed by atoms with Crippen molar-refractivity contribution in [2.24, 2.45) is 11.7 Å². The summed E-state index contributed by atoms with van der Waals surface area (Å²) in [4.78, 5) is 33.7. The summed E-state index contributed by atoms with van der Waals surface area (Å²) in [5.74, 6) is -2.02. The van der Waals surface area contributed by atoms with Crippen LogP contribution in [0.15, 0.2) is 23.1 Å². The van der Waals surface area contributed by atoms with Crippen molar-refractivity contribution < 1.29 is 14.7 Å². The summed E-state index contributed by atoms with van der Waals surface area (Å²) < 4.78 is 1.07. The van der Waals surface area contributed by atoms with E-state index >= 15 is 0 Å². The zero-order valence-electron chi connectivity index (χ0n) is 9.58. The summed E-state index contributed by atoms with van der Waals surface area (Å²) in [6, 6.07) is 1.46. The van der Waals surface area contributed by atoms with E-state index in [1.807, 2.05) is 0 Å². The SMILES string of the molecule is CC(C)C(C(N)=O)n1cc(C(=O)O)ccc1=O. The van der Waals surface area contributed by atoms with Crippen molar-refractivity contribution in [1.29, 1.82) is 0 Å². The van der Waals surface area contributed by atoms with E-state index in [0.717, 1.165) is 16.8 Å². The van der Waals surface area contributed by atoms with Crippen LogP contribution in [0.25, 0.3) is 0 Å². The number of aromatic nitrogens is 1. The van der Waals surface area contributed by atoms with E-state index in [-0.39, 0.29) is 11.5 Å². The van der Waals surface area contributed by atoms with E-state index in [1.165, 1.54) is 6.07 Å². The molecule has 6 heteroatoms. The average Bonchev–Trinajstić information content (AvgIpc) is 2.19. The topological polar surface area (TPSA) is 102 Å². The molecule has 0 fully saturated rings. The number of amides is 1. The van der Waals surface area contributed by atoms with Gasteiger partial charge in [0.2, 0.25) is 5.91 Å². The molecule has 1 amide bonds. The molecule has 92 valence electrons. The first-order valence-electron chi connectivity index (χ1n) is 5.09. The van der Waals surface area contributed by atoms with Crippen molar-refractivity contribution in [2.45, 2.75) is 19.9 Å². The van der Waals surface area contributed by atoms with Gasteiger partial charge in [0.25, 0.3) is 5.56 Å². The number of hydrogen-bond acceptors (Lipinski definition) is 3. The Morgan fingerprint density at radius 1 is 1.35 bits per heavy atom. The molecule has 0 saturated heterocycles. The highest BCUT2D eigenvalue weighted by molar-refractivity contribution is 5.87. The minimum atomic E-state index is -1.16. The fraction of sp³-hybridized carbons (Fsp3) is 0.364. The molecule has 1 rings (SSSR count). The van der Waals surface area contributed by atoms with Gasteiger partial charge in [-0.3, -0.25) is 9.59 Å². The average molecular weight is 238 g/mol. The molecule has 6 nitrogen and oxygen atoms in total. The van der Waals surface area contributed by atoms with Gasteiger partial charge in [0.15, 0.2) is 0 Å². The van der Waals surface area contributed by atoms with E-state index in [2.05, 4.69) is 0 Å². The van der Waals surface area contributed by atoms with E-state index in [1.54, 1.807) is 13.8 Å². The Bertz CT molecular complexity index is 504. The maximum absolute atomic E-state index is 11.6. The Kier molecular flexibility index (Phi) is 3.67. The van der Waals surface area contributed by atoms with Gasteiger partial charge in [-0.2, -0.15) is 0 Å². The van der Waals surface area contributed by atoms with Crippen LogP contribution in [0.1, 0.15) is 30.2 Å². The predicted molar refractivity (Wildman–Crippen MR) is 60.7 cm³/mol. The zero-order chi connectivity index (χ0) is 13.2. The number of rotatable bonds is 4. The normalized spacial score (nSPS) is 12.4. The number of pyridine rings is 1. The summed E-state index contributed by atoms with van der Waals surface area (Å²) in [7, 11) is 0. The molecule has 1 aromatic rings. The molecule has 0 saturated carbocycles. The summed E-state index contributed by atoms with van der Waals surface area (Å²) >= 11 is 0. The molecule has 0 bridgehead atoms. The molecule has 0 spiro atoms. The first-order chi connectivity index (χ1) is 7.84. The molecule has 1 atom stereocenters. The number of hydrogen-bond donors (Lipinski definition) is 2. The van der Waals surface area contributed by atoms with Crippen LogP contribution in [0.5, 0.6) is 0 Å². The van der Waals surface area contributed by atoms with Crippen LogP contribution < -0.4 is 11.3 Å². The third-order valence-corrected chi connectivity index (χ3v) is 2.41. The lowest BCUT2D eigenvalue weighted by atomic mass is 10.0. The molecule has 1 unspecified atom stereocenters. The summed E-state index contributed by atoms with van der Waals surface area (Å²) in [6.45, 7) is 3.46. The molecular formula is C11H14N2O4. The van der Waals surface area contributed by atoms with Crippen molar-refractivity contribution in [3.05, 3.63) is 34.2 Å². The van der Waals surface area contributed by atoms with Crippen molar-refractivity contribution in [3.8, 4) is 0 Å². The predicted octanol–water partition coefficient (Wildman–Crippen LogP) is 0.229. The number of aromatic carboxylic acids is 1. The van der Waals surface area contributed by atoms with Gasteiger partial charge in [0, 0.05) is 12.3 Å². The second kappa shape index (κ2) is 4.82. The highest BCUT2D eigenvalue weighted by Crippen LogP contribution is 2.15. The molecule has 17 heavy (non-hydrogen) atoms. The number of primary amides is 1. The number of carbonyl (C=O) groups is 2. The van der Waals surface area contributed by atoms with Crippen molar-refractivity contribution in [2.75, 3.05) is 0 Å². The summed E-state index contributed by atoms with van der Waals surface area (Å²) in [5, 5.41) is 8.83. The second-order valence-electron chi connectivity index (χ2n) is 4.06. The molecule has 0 aromatic carbocycles. The molecule has 1 aromatic heterocycles. The van der Waals surface area contributed by atoms with Crippen molar-refractivity contribution in [1.82, 2.24) is 4.57 Å². The zero-order valence-corrected chi connectivity index (χ0v) is 9.58. The fourth-order valence-electron chi connectivity index (χ4n) is 1.63. The van der Waals surface area contributed by atoms with Gasteiger partial charge in [-0.1, -0.05) is 13.8 Å². The Labute approximate surface area is 97.7 Å². The van der Waals surface area contributed by atoms with Crippen LogP contribution in [-0.2, 0) is 4.79 Å². The number of nitrogens with two attached hydrogens (primary N) is 1. The molecule has 0 radical (unpaired) electrons. The number of nitrogens with zero attached hydrogens (tertiary/aromatic N) is 1. The Balaban J connectivity index is 3.37. The molecular weight excluding hydrogens is 224 g/mol. The van der Waals surface area contributed by atoms with E-state index in [0.29, 0.717) is 0 Å². The van der Waals surface area contributed by atoms with Gasteiger partial charge in [0.1, 0.15) is 6.04 Å². The van der Waals surface area contributed by atoms with E-state index in [9.17, 15) is 14.4 Å². The lowest BCUT2D eigenvalue weighted by Gasteiger charge is -2.20. The molecule has 0 aliphatic heterocycles. The van der Waals surface area contributed by atoms with Gasteiger partial charge in [0.05, 0.1) is 5.56 Å². The Morgan fingerprint density at radius 2 is 1.94 bits per heavy atom. The smallest absolute Gasteiger partial charge is 0.337 e. The largest absolute Gasteiger partial charge is 0.478 e. The van der Waals surface area contributed by atoms with Crippen LogP contribution in [0.3, 0.4) is 0 Å². The highest BCUT2D eigenvalue weighted by Gasteiger charge is 2.23. The van der Waals surface area contributed by atoms with Crippen LogP contribution in [0.2, 0.25) is 0 Å². The minimum Gasteiger partial charge on any atom is -0.478 e. The van der Waals surface area contributed by atoms with Crippen molar-refractivity contribution in [3.63, 3.8) is 0 Å². The van der Waals surface area contributed by atoms with Crippen LogP contribution in [-0.4, -0.2) is 21.6 Å². The summed E-state index contributed by atoms with van der Waals surface area (Å²) in [5.41, 5.74) is 4.71. The Hall–Kier alpha value is -2.11. The van der Waals surface area contributed by atoms with Gasteiger partial charge < -0.3 is 15.4 Å². The summed E-state index contributed by atoms with van der Waals surface area (Å²) in [6.07, 6.45) is 1.14. The monoisotopic (exact) mass is 238 g/mol. The third kappa shape index (κ3) is 2.72. The molecule has 0 aliphatic carbocycles. The first kappa shape index (κ1) is 13.0. The lowest BCUT2D eigenvalue weighted by Crippen LogP contribution is -2.36. The maximum atomic E-state index is 11.6. The van der Waals surface area contributed by atoms with E-state index < -0.39 is 23.5 Å². The van der Waals surface area contributed by atoms with Gasteiger partial charge in [-0.15, -0.1) is 0 Å². The quantitative estimate of drug-likeness (QED) is 0.783. The third-order valence-electron chi connectivity index (χ3n) is 2.41. The van der Waals surface area contributed by atoms with Gasteiger partial charge in [-0.05, 0) is 12.0 Å². The number of carboxylic acids is 1. The number of carbonyl (C=O) groups excluding carboxylic acids is 1. The highest BCUT2D eigenvalue weighted by atomic mass is 16.4. The Morgan fingerprint density at radius 3 is 2.35 bits per heavy atom. The van der Waals surface area contributed by atoms with Gasteiger partial charge >= 0.3 is 5.97 Å². The van der Waals surface area contributed by atoms with E-state index in [4.69, 9.17) is 10.8 Å². The number of carboxylic acid groups (broad SMARTS) is 1. The fourth-order valence-corrected chi connectivity index (χ4v) is 1.63. The minimum absolute atomic E-state index is 0.0588. The molecule has 0 aliphatic rings. The second-order valence-corrected chi connectivity index (χ2v) is 4.06. The van der Waals surface area contributed by atoms with Gasteiger partial charge in [-0.25, -0.2) is 4.79 Å². The van der Waals surface area contributed by atoms with Crippen LogP contribution in [0.4, 0.5) is 0 Å². The van der Waals surface area contributed by atoms with Crippen molar-refractivity contribution >= 4 is 11.9 Å². The first-order valence-corrected chi connectivity index (χ1v) is 5.09. The molecule has 3 N–H and O–H groups in total. The lowest BCUT2D eigenvalue weighted by molar-refractivity contribution is -0.122. The standard InChI is InChI=1S/C11H14N2O4/c1-6(2)9(10(12)15)13-5-7(11(16)17)3-4-8(13)14/h3-6,9H,1-2H3,(H2,12,15)(H,16,17). The van der Waals surface area contributed by atoms with Crippen LogP contribution >= 0.6 is 0 Å². The molecule has 1 heterocycles. The van der Waals surface area contributed by atoms with Crippen LogP contribution in [0, 0.1) is 5.92 Å².